The topological polar surface area (TPSA) is 82.4 Å². The van der Waals surface area contributed by atoms with Gasteiger partial charge in [0.2, 0.25) is 0 Å². The Balaban J connectivity index is 1.36. The molecule has 8 nitrogen and oxygen atoms in total. The van der Waals surface area contributed by atoms with Crippen molar-refractivity contribution in [3.05, 3.63) is 133 Å². The van der Waals surface area contributed by atoms with Gasteiger partial charge in [0.15, 0.2) is 16.3 Å². The third-order valence-corrected chi connectivity index (χ3v) is 8.97. The van der Waals surface area contributed by atoms with Gasteiger partial charge in [0.05, 0.1) is 35.6 Å². The molecule has 5 aromatic rings. The SMILES string of the molecule is CCOC(=O)C1=C(C)N=c2s/c(=C/c3ccc(OCc4cccc5ccccc45)c(OC)c3)c(=O)n2[C@@H]1c1ccc(N(C)C)cc1. The molecule has 0 unspecified atom stereocenters. The van der Waals surface area contributed by atoms with Gasteiger partial charge in [0, 0.05) is 19.8 Å². The third kappa shape index (κ3) is 5.93. The van der Waals surface area contributed by atoms with Gasteiger partial charge in [-0.15, -0.1) is 0 Å². The molecule has 6 rings (SSSR count). The molecule has 0 spiro atoms. The Labute approximate surface area is 271 Å². The summed E-state index contributed by atoms with van der Waals surface area (Å²) in [5.41, 5.74) is 4.30. The molecule has 0 amide bonds. The minimum atomic E-state index is -0.673. The van der Waals surface area contributed by atoms with Gasteiger partial charge >= 0.3 is 5.97 Å². The van der Waals surface area contributed by atoms with Gasteiger partial charge in [-0.1, -0.05) is 72.0 Å². The first-order chi connectivity index (χ1) is 22.3. The van der Waals surface area contributed by atoms with E-state index in [1.807, 2.05) is 85.7 Å². The lowest BCUT2D eigenvalue weighted by Crippen LogP contribution is -2.39. The van der Waals surface area contributed by atoms with Crippen LogP contribution in [0.1, 0.15) is 36.6 Å². The zero-order chi connectivity index (χ0) is 32.4. The van der Waals surface area contributed by atoms with Crippen LogP contribution >= 0.6 is 11.3 Å². The normalized spacial score (nSPS) is 14.5. The molecule has 234 valence electrons. The number of thiazole rings is 1. The Bertz CT molecular complexity index is 2140. The number of anilines is 1. The summed E-state index contributed by atoms with van der Waals surface area (Å²) < 4.78 is 19.4. The molecule has 0 radical (unpaired) electrons. The van der Waals surface area contributed by atoms with E-state index < -0.39 is 12.0 Å². The van der Waals surface area contributed by atoms with E-state index in [9.17, 15) is 9.59 Å². The van der Waals surface area contributed by atoms with Gasteiger partial charge in [0.25, 0.3) is 5.56 Å². The van der Waals surface area contributed by atoms with Crippen LogP contribution in [0.25, 0.3) is 16.8 Å². The molecule has 1 aliphatic rings. The highest BCUT2D eigenvalue weighted by Crippen LogP contribution is 2.32. The number of allylic oxidation sites excluding steroid dienone is 1. The van der Waals surface area contributed by atoms with Crippen LogP contribution in [0, 0.1) is 0 Å². The van der Waals surface area contributed by atoms with Crippen LogP contribution < -0.4 is 29.3 Å². The third-order valence-electron chi connectivity index (χ3n) is 7.99. The minimum absolute atomic E-state index is 0.218. The van der Waals surface area contributed by atoms with Crippen molar-refractivity contribution in [3.8, 4) is 11.5 Å². The molecular weight excluding hydrogens is 598 g/mol. The van der Waals surface area contributed by atoms with E-state index in [4.69, 9.17) is 14.2 Å². The van der Waals surface area contributed by atoms with Gasteiger partial charge in [-0.05, 0) is 71.7 Å². The summed E-state index contributed by atoms with van der Waals surface area (Å²) >= 11 is 1.28. The Morgan fingerprint density at radius 3 is 2.50 bits per heavy atom. The lowest BCUT2D eigenvalue weighted by Gasteiger charge is -2.25. The number of hydrogen-bond acceptors (Lipinski definition) is 8. The fourth-order valence-electron chi connectivity index (χ4n) is 5.68. The predicted octanol–water partition coefficient (Wildman–Crippen LogP) is 5.61. The number of ether oxygens (including phenoxy) is 3. The van der Waals surface area contributed by atoms with E-state index in [1.54, 1.807) is 25.5 Å². The molecule has 0 aliphatic carbocycles. The largest absolute Gasteiger partial charge is 0.493 e. The Hall–Kier alpha value is -5.15. The van der Waals surface area contributed by atoms with E-state index in [-0.39, 0.29) is 12.2 Å². The summed E-state index contributed by atoms with van der Waals surface area (Å²) in [7, 11) is 5.52. The molecule has 0 bridgehead atoms. The summed E-state index contributed by atoms with van der Waals surface area (Å²) in [6, 6.07) is 27.1. The van der Waals surface area contributed by atoms with Crippen molar-refractivity contribution in [1.82, 2.24) is 4.57 Å². The second-order valence-corrected chi connectivity index (χ2v) is 12.1. The van der Waals surface area contributed by atoms with E-state index in [2.05, 4.69) is 29.3 Å². The summed E-state index contributed by atoms with van der Waals surface area (Å²) in [4.78, 5) is 34.4. The maximum Gasteiger partial charge on any atom is 0.338 e. The first kappa shape index (κ1) is 30.9. The lowest BCUT2D eigenvalue weighted by molar-refractivity contribution is -0.139. The molecular formula is C37H35N3O5S. The molecule has 0 saturated carbocycles. The number of methoxy groups -OCH3 is 1. The number of carbonyl (C=O) groups is 1. The zero-order valence-electron chi connectivity index (χ0n) is 26.4. The van der Waals surface area contributed by atoms with Crippen molar-refractivity contribution in [3.63, 3.8) is 0 Å². The lowest BCUT2D eigenvalue weighted by atomic mass is 9.95. The standard InChI is InChI=1S/C37H35N3O5S/c1-6-44-36(42)33-23(2)38-37-40(34(33)26-15-17-28(18-16-26)39(3)4)35(41)32(46-37)21-24-14-19-30(31(20-24)43-5)45-22-27-12-9-11-25-10-7-8-13-29(25)27/h7-21,34H,6,22H2,1-5H3/b32-21+/t34-/m1/s1. The molecule has 1 atom stereocenters. The number of esters is 1. The monoisotopic (exact) mass is 633 g/mol. The Morgan fingerprint density at radius 1 is 1.00 bits per heavy atom. The van der Waals surface area contributed by atoms with Crippen molar-refractivity contribution < 1.29 is 19.0 Å². The molecule has 9 heteroatoms. The molecule has 46 heavy (non-hydrogen) atoms. The van der Waals surface area contributed by atoms with E-state index in [0.717, 1.165) is 33.2 Å². The van der Waals surface area contributed by atoms with Gasteiger partial charge in [0.1, 0.15) is 6.61 Å². The number of hydrogen-bond donors (Lipinski definition) is 0. The highest BCUT2D eigenvalue weighted by molar-refractivity contribution is 7.07. The molecule has 1 aliphatic heterocycles. The van der Waals surface area contributed by atoms with Crippen LogP contribution in [0.5, 0.6) is 11.5 Å². The second-order valence-electron chi connectivity index (χ2n) is 11.1. The number of carbonyl (C=O) groups excluding carboxylic acids is 1. The average Bonchev–Trinajstić information content (AvgIpc) is 3.36. The van der Waals surface area contributed by atoms with Gasteiger partial charge in [-0.2, -0.15) is 0 Å². The number of rotatable bonds is 9. The first-order valence-electron chi connectivity index (χ1n) is 15.0. The van der Waals surface area contributed by atoms with Gasteiger partial charge < -0.3 is 19.1 Å². The van der Waals surface area contributed by atoms with Crippen molar-refractivity contribution in [2.45, 2.75) is 26.5 Å². The number of nitrogens with zero attached hydrogens (tertiary/aromatic N) is 3. The van der Waals surface area contributed by atoms with Crippen LogP contribution in [-0.4, -0.2) is 38.3 Å². The van der Waals surface area contributed by atoms with Crippen molar-refractivity contribution in [2.75, 3.05) is 32.7 Å². The van der Waals surface area contributed by atoms with E-state index in [0.29, 0.717) is 38.7 Å². The smallest absolute Gasteiger partial charge is 0.338 e. The minimum Gasteiger partial charge on any atom is -0.493 e. The molecule has 0 fully saturated rings. The molecule has 0 N–H and O–H groups in total. The molecule has 1 aromatic heterocycles. The molecule has 0 saturated heterocycles. The van der Waals surface area contributed by atoms with Gasteiger partial charge in [-0.25, -0.2) is 9.79 Å². The fourth-order valence-corrected chi connectivity index (χ4v) is 6.73. The zero-order valence-corrected chi connectivity index (χ0v) is 27.3. The first-order valence-corrected chi connectivity index (χ1v) is 15.8. The fraction of sp³-hybridized carbons (Fsp3) is 0.216. The number of aromatic nitrogens is 1. The predicted molar refractivity (Wildman–Crippen MR) is 182 cm³/mol. The summed E-state index contributed by atoms with van der Waals surface area (Å²) in [5.74, 6) is 0.675. The van der Waals surface area contributed by atoms with Crippen molar-refractivity contribution >= 4 is 39.8 Å². The molecule has 2 heterocycles. The average molecular weight is 634 g/mol. The molecule has 4 aromatic carbocycles. The second kappa shape index (κ2) is 13.1. The van der Waals surface area contributed by atoms with E-state index >= 15 is 0 Å². The van der Waals surface area contributed by atoms with Crippen LogP contribution in [-0.2, 0) is 16.1 Å². The van der Waals surface area contributed by atoms with Crippen molar-refractivity contribution in [1.29, 1.82) is 0 Å². The Morgan fingerprint density at radius 2 is 1.76 bits per heavy atom. The van der Waals surface area contributed by atoms with Crippen LogP contribution in [0.2, 0.25) is 0 Å². The van der Waals surface area contributed by atoms with Crippen LogP contribution in [0.3, 0.4) is 0 Å². The Kier molecular flexibility index (Phi) is 8.76. The highest BCUT2D eigenvalue weighted by Gasteiger charge is 2.33. The summed E-state index contributed by atoms with van der Waals surface area (Å²) in [5, 5.41) is 2.30. The van der Waals surface area contributed by atoms with Crippen molar-refractivity contribution in [2.24, 2.45) is 4.99 Å². The van der Waals surface area contributed by atoms with Crippen LogP contribution in [0.4, 0.5) is 5.69 Å². The number of benzene rings is 4. The van der Waals surface area contributed by atoms with Crippen LogP contribution in [0.15, 0.2) is 106 Å². The number of fused-ring (bicyclic) bond motifs is 2. The van der Waals surface area contributed by atoms with Gasteiger partial charge in [-0.3, -0.25) is 9.36 Å². The summed E-state index contributed by atoms with van der Waals surface area (Å²) in [6.07, 6.45) is 1.82. The van der Waals surface area contributed by atoms with E-state index in [1.165, 1.54) is 11.3 Å². The highest BCUT2D eigenvalue weighted by atomic mass is 32.1. The quantitative estimate of drug-likeness (QED) is 0.197. The summed E-state index contributed by atoms with van der Waals surface area (Å²) in [6.45, 7) is 4.15. The maximum atomic E-state index is 14.0. The maximum absolute atomic E-state index is 14.0.